The average molecular weight is 576 g/mol. The van der Waals surface area contributed by atoms with Gasteiger partial charge in [-0.15, -0.1) is 0 Å². The minimum atomic E-state index is -4.58. The number of benzene rings is 2. The minimum absolute atomic E-state index is 0.0833. The number of likely N-dealkylation sites (tertiary alicyclic amines) is 1. The van der Waals surface area contributed by atoms with Crippen LogP contribution in [-0.2, 0) is 27.1 Å². The van der Waals surface area contributed by atoms with Crippen molar-refractivity contribution in [2.75, 3.05) is 45.8 Å². The van der Waals surface area contributed by atoms with Gasteiger partial charge in [-0.25, -0.2) is 4.79 Å². The molecule has 2 fully saturated rings. The fraction of sp³-hybridized carbons (Fsp3) is 0.429. The summed E-state index contributed by atoms with van der Waals surface area (Å²) in [5.74, 6) is -1.44. The maximum atomic E-state index is 12.9. The Bertz CT molecular complexity index is 1240. The topological polar surface area (TPSA) is 111 Å². The first-order valence-electron chi connectivity index (χ1n) is 13.3. The maximum absolute atomic E-state index is 12.9. The lowest BCUT2D eigenvalue weighted by molar-refractivity contribution is -0.137. The third kappa shape index (κ3) is 8.43. The normalized spacial score (nSPS) is 17.7. The summed E-state index contributed by atoms with van der Waals surface area (Å²) < 4.78 is 44.1. The zero-order valence-corrected chi connectivity index (χ0v) is 22.4. The molecule has 2 aromatic carbocycles. The molecule has 0 saturated carbocycles. The van der Waals surface area contributed by atoms with E-state index in [-0.39, 0.29) is 24.6 Å². The number of amides is 4. The third-order valence-corrected chi connectivity index (χ3v) is 6.99. The lowest BCUT2D eigenvalue weighted by Crippen LogP contribution is -2.54. The Labute approximate surface area is 235 Å². The highest BCUT2D eigenvalue weighted by Gasteiger charge is 2.32. The van der Waals surface area contributed by atoms with Gasteiger partial charge in [0.05, 0.1) is 24.8 Å². The number of hydrogen-bond acceptors (Lipinski definition) is 6. The number of carbonyl (C=O) groups is 4. The van der Waals surface area contributed by atoms with E-state index in [0.29, 0.717) is 39.1 Å². The van der Waals surface area contributed by atoms with Crippen LogP contribution in [0.3, 0.4) is 0 Å². The molecule has 2 N–H and O–H groups in total. The van der Waals surface area contributed by atoms with Crippen LogP contribution in [0.25, 0.3) is 0 Å². The van der Waals surface area contributed by atoms with E-state index in [0.717, 1.165) is 30.2 Å². The molecule has 2 aromatic rings. The van der Waals surface area contributed by atoms with Gasteiger partial charge in [0.1, 0.15) is 6.61 Å². The Hall–Kier alpha value is -4.13. The standard InChI is InChI=1S/C28H32F3N5O5/c29-28(30,31)22-9-4-8-21(16-22)26(39)32-17-24(37)33-23-10-5-11-36(23)18-25(38)34-12-14-35(15-13-34)27(40)41-19-20-6-2-1-3-7-20/h1-4,6-9,16,23H,5,10-15,17-19H2,(H,32,39)(H,33,37). The first-order chi connectivity index (χ1) is 19.6. The Morgan fingerprint density at radius 1 is 0.902 bits per heavy atom. The molecule has 4 rings (SSSR count). The van der Waals surface area contributed by atoms with Gasteiger partial charge in [0, 0.05) is 38.3 Å². The van der Waals surface area contributed by atoms with Crippen LogP contribution in [0.4, 0.5) is 18.0 Å². The molecule has 1 unspecified atom stereocenters. The van der Waals surface area contributed by atoms with Gasteiger partial charge in [-0.2, -0.15) is 13.2 Å². The predicted octanol–water partition coefficient (Wildman–Crippen LogP) is 2.45. The molecule has 10 nitrogen and oxygen atoms in total. The molecule has 0 radical (unpaired) electrons. The third-order valence-electron chi connectivity index (χ3n) is 6.99. The van der Waals surface area contributed by atoms with E-state index in [1.54, 1.807) is 9.80 Å². The van der Waals surface area contributed by atoms with E-state index >= 15 is 0 Å². The smallest absolute Gasteiger partial charge is 0.416 e. The van der Waals surface area contributed by atoms with Crippen LogP contribution in [0.15, 0.2) is 54.6 Å². The van der Waals surface area contributed by atoms with E-state index in [4.69, 9.17) is 4.74 Å². The first kappa shape index (κ1) is 29.8. The quantitative estimate of drug-likeness (QED) is 0.501. The molecule has 0 spiro atoms. The van der Waals surface area contributed by atoms with Crippen molar-refractivity contribution in [3.63, 3.8) is 0 Å². The zero-order valence-electron chi connectivity index (χ0n) is 22.4. The summed E-state index contributed by atoms with van der Waals surface area (Å²) in [6.07, 6.45) is -4.05. The highest BCUT2D eigenvalue weighted by atomic mass is 19.4. The molecule has 2 heterocycles. The molecule has 13 heteroatoms. The van der Waals surface area contributed by atoms with Gasteiger partial charge >= 0.3 is 12.3 Å². The molecule has 2 saturated heterocycles. The Morgan fingerprint density at radius 2 is 1.61 bits per heavy atom. The van der Waals surface area contributed by atoms with Gasteiger partial charge in [0.25, 0.3) is 5.91 Å². The van der Waals surface area contributed by atoms with Crippen molar-refractivity contribution in [3.8, 4) is 0 Å². The number of halogens is 3. The highest BCUT2D eigenvalue weighted by molar-refractivity contribution is 5.96. The molecule has 1 atom stereocenters. The number of alkyl halides is 3. The summed E-state index contributed by atoms with van der Waals surface area (Å²) in [4.78, 5) is 55.1. The second-order valence-electron chi connectivity index (χ2n) is 9.87. The Morgan fingerprint density at radius 3 is 2.32 bits per heavy atom. The highest BCUT2D eigenvalue weighted by Crippen LogP contribution is 2.29. The van der Waals surface area contributed by atoms with Gasteiger partial charge in [-0.3, -0.25) is 19.3 Å². The molecular formula is C28H32F3N5O5. The van der Waals surface area contributed by atoms with Crippen LogP contribution in [0.1, 0.15) is 34.3 Å². The number of carbonyl (C=O) groups excluding carboxylic acids is 4. The van der Waals surface area contributed by atoms with E-state index in [1.165, 1.54) is 6.07 Å². The largest absolute Gasteiger partial charge is 0.445 e. The lowest BCUT2D eigenvalue weighted by atomic mass is 10.1. The van der Waals surface area contributed by atoms with Gasteiger partial charge in [-0.05, 0) is 36.6 Å². The van der Waals surface area contributed by atoms with E-state index < -0.39 is 42.4 Å². The van der Waals surface area contributed by atoms with Crippen LogP contribution in [-0.4, -0.2) is 90.5 Å². The SMILES string of the molecule is O=C(CNC(=O)c1cccc(C(F)(F)F)c1)NC1CCCN1CC(=O)N1CCN(C(=O)OCc2ccccc2)CC1. The second-order valence-corrected chi connectivity index (χ2v) is 9.87. The van der Waals surface area contributed by atoms with Gasteiger partial charge in [-0.1, -0.05) is 36.4 Å². The van der Waals surface area contributed by atoms with Gasteiger partial charge < -0.3 is 25.2 Å². The molecule has 0 aromatic heterocycles. The average Bonchev–Trinajstić information content (AvgIpc) is 3.40. The van der Waals surface area contributed by atoms with Gasteiger partial charge in [0.15, 0.2) is 0 Å². The van der Waals surface area contributed by atoms with Crippen LogP contribution in [0.2, 0.25) is 0 Å². The van der Waals surface area contributed by atoms with Crippen molar-refractivity contribution in [2.24, 2.45) is 0 Å². The summed E-state index contributed by atoms with van der Waals surface area (Å²) in [5, 5.41) is 5.12. The zero-order chi connectivity index (χ0) is 29.4. The molecule has 2 aliphatic rings. The summed E-state index contributed by atoms with van der Waals surface area (Å²) in [6.45, 7) is 1.87. The Balaban J connectivity index is 1.18. The molecule has 0 bridgehead atoms. The molecule has 0 aliphatic carbocycles. The van der Waals surface area contributed by atoms with Crippen LogP contribution in [0.5, 0.6) is 0 Å². The summed E-state index contributed by atoms with van der Waals surface area (Å²) >= 11 is 0. The van der Waals surface area contributed by atoms with Crippen molar-refractivity contribution in [1.29, 1.82) is 0 Å². The van der Waals surface area contributed by atoms with Gasteiger partial charge in [0.2, 0.25) is 11.8 Å². The van der Waals surface area contributed by atoms with Crippen LogP contribution in [0, 0.1) is 0 Å². The number of hydrogen-bond donors (Lipinski definition) is 2. The van der Waals surface area contributed by atoms with E-state index in [2.05, 4.69) is 10.6 Å². The monoisotopic (exact) mass is 575 g/mol. The van der Waals surface area contributed by atoms with Crippen molar-refractivity contribution < 1.29 is 37.1 Å². The minimum Gasteiger partial charge on any atom is -0.445 e. The van der Waals surface area contributed by atoms with E-state index in [9.17, 15) is 32.3 Å². The molecule has 220 valence electrons. The fourth-order valence-corrected chi connectivity index (χ4v) is 4.74. The van der Waals surface area contributed by atoms with Crippen molar-refractivity contribution in [3.05, 3.63) is 71.3 Å². The maximum Gasteiger partial charge on any atom is 0.416 e. The number of piperazine rings is 1. The predicted molar refractivity (Wildman–Crippen MR) is 141 cm³/mol. The van der Waals surface area contributed by atoms with Crippen LogP contribution < -0.4 is 10.6 Å². The van der Waals surface area contributed by atoms with E-state index in [1.807, 2.05) is 35.2 Å². The first-order valence-corrected chi connectivity index (χ1v) is 13.3. The molecule has 41 heavy (non-hydrogen) atoms. The lowest BCUT2D eigenvalue weighted by Gasteiger charge is -2.35. The summed E-state index contributed by atoms with van der Waals surface area (Å²) in [6, 6.07) is 13.3. The summed E-state index contributed by atoms with van der Waals surface area (Å²) in [7, 11) is 0. The van der Waals surface area contributed by atoms with Crippen molar-refractivity contribution >= 4 is 23.8 Å². The molecular weight excluding hydrogens is 543 g/mol. The van der Waals surface area contributed by atoms with Crippen LogP contribution >= 0.6 is 0 Å². The fourth-order valence-electron chi connectivity index (χ4n) is 4.74. The van der Waals surface area contributed by atoms with Crippen molar-refractivity contribution in [1.82, 2.24) is 25.3 Å². The van der Waals surface area contributed by atoms with Crippen molar-refractivity contribution in [2.45, 2.75) is 31.8 Å². The molecule has 4 amide bonds. The summed E-state index contributed by atoms with van der Waals surface area (Å²) in [5.41, 5.74) is -0.268. The Kier molecular flexibility index (Phi) is 9.82. The number of nitrogens with one attached hydrogen (secondary N) is 2. The second kappa shape index (κ2) is 13.5. The number of nitrogens with zero attached hydrogens (tertiary/aromatic N) is 3. The number of rotatable bonds is 8. The number of ether oxygens (including phenoxy) is 1. The molecule has 2 aliphatic heterocycles.